The van der Waals surface area contributed by atoms with E-state index < -0.39 is 0 Å². The zero-order chi connectivity index (χ0) is 13.1. The fourth-order valence-electron chi connectivity index (χ4n) is 1.34. The molecule has 18 heavy (non-hydrogen) atoms. The van der Waals surface area contributed by atoms with E-state index in [1.807, 2.05) is 6.07 Å². The van der Waals surface area contributed by atoms with E-state index in [1.165, 1.54) is 11.5 Å². The van der Waals surface area contributed by atoms with Crippen molar-refractivity contribution in [2.75, 3.05) is 11.9 Å². The third-order valence-electron chi connectivity index (χ3n) is 2.27. The van der Waals surface area contributed by atoms with Gasteiger partial charge in [0.05, 0.1) is 10.0 Å². The number of halogens is 2. The lowest BCUT2D eigenvalue weighted by molar-refractivity contribution is 0.688. The molecule has 0 aliphatic rings. The second-order valence-electron chi connectivity index (χ2n) is 4.33. The highest BCUT2D eigenvalue weighted by molar-refractivity contribution is 7.09. The number of aromatic nitrogens is 2. The Kier molecular flexibility index (Phi) is 4.43. The van der Waals surface area contributed by atoms with E-state index in [-0.39, 0.29) is 0 Å². The Bertz CT molecular complexity index is 540. The second-order valence-corrected chi connectivity index (χ2v) is 5.89. The van der Waals surface area contributed by atoms with Gasteiger partial charge in [-0.2, -0.15) is 9.36 Å². The second kappa shape index (κ2) is 5.87. The summed E-state index contributed by atoms with van der Waals surface area (Å²) in [5.41, 5.74) is 0.873. The summed E-state index contributed by atoms with van der Waals surface area (Å²) >= 11 is 13.2. The van der Waals surface area contributed by atoms with E-state index in [0.29, 0.717) is 21.8 Å². The molecule has 0 saturated carbocycles. The van der Waals surface area contributed by atoms with Gasteiger partial charge in [-0.1, -0.05) is 37.0 Å². The number of nitrogens with zero attached hydrogens (tertiary/aromatic N) is 2. The van der Waals surface area contributed by atoms with Crippen molar-refractivity contribution in [3.05, 3.63) is 28.2 Å². The largest absolute Gasteiger partial charge is 0.360 e. The van der Waals surface area contributed by atoms with Crippen LogP contribution in [0.2, 0.25) is 10.0 Å². The third kappa shape index (κ3) is 3.34. The monoisotopic (exact) mass is 301 g/mol. The van der Waals surface area contributed by atoms with Crippen LogP contribution in [-0.2, 0) is 0 Å². The van der Waals surface area contributed by atoms with Crippen molar-refractivity contribution >= 4 is 39.9 Å². The van der Waals surface area contributed by atoms with Gasteiger partial charge >= 0.3 is 0 Å². The molecule has 1 aromatic carbocycles. The smallest absolute Gasteiger partial charge is 0.202 e. The molecule has 0 unspecified atom stereocenters. The standard InChI is InChI=1S/C12H13Cl2N3S/c1-7(2)6-15-12-16-11(17-18-12)8-3-4-9(13)10(14)5-8/h3-5,7H,6H2,1-2H3,(H,15,16,17). The fourth-order valence-corrected chi connectivity index (χ4v) is 2.23. The van der Waals surface area contributed by atoms with Crippen LogP contribution in [0.15, 0.2) is 18.2 Å². The van der Waals surface area contributed by atoms with Gasteiger partial charge in [0.2, 0.25) is 5.13 Å². The van der Waals surface area contributed by atoms with Gasteiger partial charge in [-0.15, -0.1) is 0 Å². The molecule has 0 aliphatic heterocycles. The Balaban J connectivity index is 2.16. The summed E-state index contributed by atoms with van der Waals surface area (Å²) in [4.78, 5) is 4.42. The van der Waals surface area contributed by atoms with Gasteiger partial charge in [0.1, 0.15) is 0 Å². The minimum atomic E-state index is 0.514. The number of hydrogen-bond acceptors (Lipinski definition) is 4. The summed E-state index contributed by atoms with van der Waals surface area (Å²) in [5.74, 6) is 1.24. The average Bonchev–Trinajstić information content (AvgIpc) is 2.79. The molecule has 0 saturated heterocycles. The number of rotatable bonds is 4. The van der Waals surface area contributed by atoms with Gasteiger partial charge in [0.25, 0.3) is 0 Å². The van der Waals surface area contributed by atoms with Crippen molar-refractivity contribution in [1.82, 2.24) is 9.36 Å². The zero-order valence-electron chi connectivity index (χ0n) is 10.1. The van der Waals surface area contributed by atoms with E-state index >= 15 is 0 Å². The molecule has 0 bridgehead atoms. The molecule has 96 valence electrons. The van der Waals surface area contributed by atoms with Crippen LogP contribution in [0, 0.1) is 5.92 Å². The van der Waals surface area contributed by atoms with Crippen LogP contribution in [0.3, 0.4) is 0 Å². The predicted molar refractivity (Wildman–Crippen MR) is 78.7 cm³/mol. The van der Waals surface area contributed by atoms with Gasteiger partial charge in [0.15, 0.2) is 5.82 Å². The SMILES string of the molecule is CC(C)CNc1nc(-c2ccc(Cl)c(Cl)c2)ns1. The van der Waals surface area contributed by atoms with Crippen LogP contribution < -0.4 is 5.32 Å². The lowest BCUT2D eigenvalue weighted by Gasteiger charge is -2.03. The molecule has 2 aromatic rings. The van der Waals surface area contributed by atoms with Gasteiger partial charge in [-0.25, -0.2) is 0 Å². The van der Waals surface area contributed by atoms with E-state index in [2.05, 4.69) is 28.5 Å². The van der Waals surface area contributed by atoms with Crippen LogP contribution in [0.1, 0.15) is 13.8 Å². The van der Waals surface area contributed by atoms with Crippen LogP contribution in [0.5, 0.6) is 0 Å². The van der Waals surface area contributed by atoms with E-state index in [4.69, 9.17) is 23.2 Å². The van der Waals surface area contributed by atoms with E-state index in [0.717, 1.165) is 17.2 Å². The highest BCUT2D eigenvalue weighted by atomic mass is 35.5. The maximum atomic E-state index is 5.97. The van der Waals surface area contributed by atoms with Crippen LogP contribution in [0.4, 0.5) is 5.13 Å². The quantitative estimate of drug-likeness (QED) is 0.898. The Morgan fingerprint density at radius 1 is 1.28 bits per heavy atom. The van der Waals surface area contributed by atoms with Gasteiger partial charge in [0, 0.05) is 23.6 Å². The molecular weight excluding hydrogens is 289 g/mol. The number of hydrogen-bond donors (Lipinski definition) is 1. The topological polar surface area (TPSA) is 37.8 Å². The Labute approximate surface area is 120 Å². The molecule has 0 fully saturated rings. The lowest BCUT2D eigenvalue weighted by Crippen LogP contribution is -2.07. The number of anilines is 1. The molecule has 3 nitrogen and oxygen atoms in total. The normalized spacial score (nSPS) is 10.9. The van der Waals surface area contributed by atoms with Crippen molar-refractivity contribution in [3.8, 4) is 11.4 Å². The Morgan fingerprint density at radius 2 is 2.06 bits per heavy atom. The Hall–Kier alpha value is -0.840. The molecule has 0 spiro atoms. The number of benzene rings is 1. The zero-order valence-corrected chi connectivity index (χ0v) is 12.4. The number of nitrogens with one attached hydrogen (secondary N) is 1. The fraction of sp³-hybridized carbons (Fsp3) is 0.333. The van der Waals surface area contributed by atoms with Crippen molar-refractivity contribution < 1.29 is 0 Å². The minimum Gasteiger partial charge on any atom is -0.360 e. The van der Waals surface area contributed by atoms with Crippen LogP contribution in [-0.4, -0.2) is 15.9 Å². The molecular formula is C12H13Cl2N3S. The molecule has 0 amide bonds. The molecule has 2 rings (SSSR count). The lowest BCUT2D eigenvalue weighted by atomic mass is 10.2. The van der Waals surface area contributed by atoms with Gasteiger partial charge in [-0.3, -0.25) is 0 Å². The highest BCUT2D eigenvalue weighted by Crippen LogP contribution is 2.28. The molecule has 0 aliphatic carbocycles. The maximum Gasteiger partial charge on any atom is 0.202 e. The molecule has 1 heterocycles. The average molecular weight is 302 g/mol. The molecule has 0 radical (unpaired) electrons. The minimum absolute atomic E-state index is 0.514. The van der Waals surface area contributed by atoms with Gasteiger partial charge < -0.3 is 5.32 Å². The first kappa shape index (κ1) is 13.6. The van der Waals surface area contributed by atoms with Crippen molar-refractivity contribution in [2.24, 2.45) is 5.92 Å². The first-order valence-electron chi connectivity index (χ1n) is 5.59. The summed E-state index contributed by atoms with van der Waals surface area (Å²) in [6.45, 7) is 5.18. The first-order chi connectivity index (χ1) is 8.56. The van der Waals surface area contributed by atoms with Crippen molar-refractivity contribution in [3.63, 3.8) is 0 Å². The van der Waals surface area contributed by atoms with Crippen LogP contribution in [0.25, 0.3) is 11.4 Å². The Morgan fingerprint density at radius 3 is 2.72 bits per heavy atom. The highest BCUT2D eigenvalue weighted by Gasteiger charge is 2.08. The molecule has 6 heteroatoms. The van der Waals surface area contributed by atoms with E-state index in [1.54, 1.807) is 12.1 Å². The summed E-state index contributed by atoms with van der Waals surface area (Å²) in [6.07, 6.45) is 0. The summed E-state index contributed by atoms with van der Waals surface area (Å²) in [7, 11) is 0. The maximum absolute atomic E-state index is 5.97. The molecule has 0 atom stereocenters. The summed E-state index contributed by atoms with van der Waals surface area (Å²) < 4.78 is 4.30. The molecule has 1 aromatic heterocycles. The summed E-state index contributed by atoms with van der Waals surface area (Å²) in [6, 6.07) is 5.39. The van der Waals surface area contributed by atoms with Crippen LogP contribution >= 0.6 is 34.7 Å². The predicted octanol–water partition coefficient (Wildman–Crippen LogP) is 4.58. The van der Waals surface area contributed by atoms with Crippen molar-refractivity contribution in [1.29, 1.82) is 0 Å². The van der Waals surface area contributed by atoms with E-state index in [9.17, 15) is 0 Å². The first-order valence-corrected chi connectivity index (χ1v) is 7.12. The summed E-state index contributed by atoms with van der Waals surface area (Å²) in [5, 5.41) is 5.12. The van der Waals surface area contributed by atoms with Gasteiger partial charge in [-0.05, 0) is 24.1 Å². The molecule has 1 N–H and O–H groups in total. The third-order valence-corrected chi connectivity index (χ3v) is 3.68. The van der Waals surface area contributed by atoms with Crippen molar-refractivity contribution in [2.45, 2.75) is 13.8 Å².